The second kappa shape index (κ2) is 6.17. The number of aliphatic hydroxyl groups is 1. The number of aliphatic hydroxyl groups excluding tert-OH is 1. The molecular formula is C14H19ClN4O2. The molecule has 0 amide bonds. The lowest BCUT2D eigenvalue weighted by Gasteiger charge is -2.20. The van der Waals surface area contributed by atoms with Crippen LogP contribution in [0.5, 0.6) is 5.88 Å². The summed E-state index contributed by atoms with van der Waals surface area (Å²) in [5.41, 5.74) is 1.52. The Kier molecular flexibility index (Phi) is 4.28. The molecule has 3 rings (SSSR count). The van der Waals surface area contributed by atoms with E-state index in [-0.39, 0.29) is 12.7 Å². The van der Waals surface area contributed by atoms with E-state index in [2.05, 4.69) is 22.2 Å². The van der Waals surface area contributed by atoms with E-state index in [0.29, 0.717) is 23.5 Å². The van der Waals surface area contributed by atoms with Gasteiger partial charge in [0.15, 0.2) is 0 Å². The van der Waals surface area contributed by atoms with Crippen molar-refractivity contribution in [3.8, 4) is 5.88 Å². The third-order valence-corrected chi connectivity index (χ3v) is 4.13. The summed E-state index contributed by atoms with van der Waals surface area (Å²) in [4.78, 5) is 8.61. The van der Waals surface area contributed by atoms with E-state index in [4.69, 9.17) is 21.4 Å². The van der Waals surface area contributed by atoms with Gasteiger partial charge in [0.2, 0.25) is 5.88 Å². The number of halogens is 1. The number of nitrogens with one attached hydrogen (secondary N) is 1. The van der Waals surface area contributed by atoms with Crippen molar-refractivity contribution in [2.75, 3.05) is 19.7 Å². The minimum absolute atomic E-state index is 0.0373. The minimum atomic E-state index is 0.0373. The molecule has 3 heterocycles. The molecule has 2 N–H and O–H groups in total. The molecule has 1 saturated heterocycles. The average molecular weight is 311 g/mol. The molecule has 6 nitrogen and oxygen atoms in total. The Morgan fingerprint density at radius 2 is 2.48 bits per heavy atom. The van der Waals surface area contributed by atoms with E-state index in [0.717, 1.165) is 30.5 Å². The van der Waals surface area contributed by atoms with Crippen LogP contribution in [0.3, 0.4) is 0 Å². The van der Waals surface area contributed by atoms with Crippen LogP contribution in [-0.4, -0.2) is 45.4 Å². The van der Waals surface area contributed by atoms with Gasteiger partial charge < -0.3 is 19.7 Å². The molecule has 1 aliphatic heterocycles. The lowest BCUT2D eigenvalue weighted by atomic mass is 10.0. The maximum absolute atomic E-state index is 9.15. The Labute approximate surface area is 128 Å². The molecule has 2 aromatic heterocycles. The SMILES string of the molecule is C[C@@H](Oc1nc(Cl)cc2ncn(CCO)c12)[C@@H]1CCNC1. The van der Waals surface area contributed by atoms with Crippen LogP contribution in [0.2, 0.25) is 5.15 Å². The van der Waals surface area contributed by atoms with E-state index in [9.17, 15) is 0 Å². The van der Waals surface area contributed by atoms with Crippen molar-refractivity contribution in [1.82, 2.24) is 19.9 Å². The van der Waals surface area contributed by atoms with Crippen LogP contribution in [0.15, 0.2) is 12.4 Å². The molecule has 2 atom stereocenters. The second-order valence-electron chi connectivity index (χ2n) is 5.36. The van der Waals surface area contributed by atoms with Crippen molar-refractivity contribution < 1.29 is 9.84 Å². The molecule has 2 aromatic rings. The van der Waals surface area contributed by atoms with Crippen LogP contribution >= 0.6 is 11.6 Å². The van der Waals surface area contributed by atoms with Gasteiger partial charge in [-0.1, -0.05) is 11.6 Å². The first-order chi connectivity index (χ1) is 10.2. The van der Waals surface area contributed by atoms with Crippen molar-refractivity contribution in [2.24, 2.45) is 5.92 Å². The summed E-state index contributed by atoms with van der Waals surface area (Å²) in [6.45, 7) is 4.53. The van der Waals surface area contributed by atoms with Gasteiger partial charge in [0.1, 0.15) is 16.8 Å². The van der Waals surface area contributed by atoms with E-state index in [1.54, 1.807) is 12.4 Å². The number of aromatic nitrogens is 3. The molecule has 0 saturated carbocycles. The molecule has 1 fully saturated rings. The summed E-state index contributed by atoms with van der Waals surface area (Å²) in [7, 11) is 0. The molecule has 0 spiro atoms. The Morgan fingerprint density at radius 1 is 1.62 bits per heavy atom. The van der Waals surface area contributed by atoms with Crippen LogP contribution < -0.4 is 10.1 Å². The lowest BCUT2D eigenvalue weighted by Crippen LogP contribution is -2.26. The van der Waals surface area contributed by atoms with Gasteiger partial charge in [-0.3, -0.25) is 0 Å². The third-order valence-electron chi connectivity index (χ3n) is 3.93. The van der Waals surface area contributed by atoms with Gasteiger partial charge in [0.05, 0.1) is 18.5 Å². The van der Waals surface area contributed by atoms with Crippen molar-refractivity contribution in [3.05, 3.63) is 17.5 Å². The number of imidazole rings is 1. The molecule has 0 radical (unpaired) electrons. The smallest absolute Gasteiger partial charge is 0.241 e. The maximum atomic E-state index is 9.15. The Hall–Kier alpha value is -1.37. The molecular weight excluding hydrogens is 292 g/mol. The topological polar surface area (TPSA) is 72.2 Å². The van der Waals surface area contributed by atoms with Gasteiger partial charge in [-0.05, 0) is 19.9 Å². The third kappa shape index (κ3) is 2.97. The molecule has 0 bridgehead atoms. The summed E-state index contributed by atoms with van der Waals surface area (Å²) in [5.74, 6) is 0.956. The quantitative estimate of drug-likeness (QED) is 0.818. The standard InChI is InChI=1S/C14H19ClN4O2/c1-9(10-2-3-16-7-10)21-14-13-11(6-12(15)18-14)17-8-19(13)4-5-20/h6,8-10,16,20H,2-5,7H2,1H3/t9-,10-/m1/s1. The highest BCUT2D eigenvalue weighted by Crippen LogP contribution is 2.28. The van der Waals surface area contributed by atoms with Crippen molar-refractivity contribution in [2.45, 2.75) is 26.0 Å². The number of hydrogen-bond acceptors (Lipinski definition) is 5. The van der Waals surface area contributed by atoms with Crippen LogP contribution in [0.1, 0.15) is 13.3 Å². The van der Waals surface area contributed by atoms with Crippen molar-refractivity contribution in [3.63, 3.8) is 0 Å². The molecule has 7 heteroatoms. The molecule has 0 aromatic carbocycles. The number of nitrogens with zero attached hydrogens (tertiary/aromatic N) is 3. The van der Waals surface area contributed by atoms with Crippen LogP contribution in [0, 0.1) is 5.92 Å². The van der Waals surface area contributed by atoms with Gasteiger partial charge in [-0.15, -0.1) is 0 Å². The maximum Gasteiger partial charge on any atom is 0.241 e. The average Bonchev–Trinajstić information content (AvgIpc) is 3.08. The highest BCUT2D eigenvalue weighted by molar-refractivity contribution is 6.30. The van der Waals surface area contributed by atoms with E-state index >= 15 is 0 Å². The summed E-state index contributed by atoms with van der Waals surface area (Å²) < 4.78 is 7.90. The number of pyridine rings is 1. The molecule has 0 unspecified atom stereocenters. The van der Waals surface area contributed by atoms with Crippen molar-refractivity contribution >= 4 is 22.6 Å². The van der Waals surface area contributed by atoms with E-state index in [1.807, 2.05) is 4.57 Å². The molecule has 0 aliphatic carbocycles. The number of rotatable bonds is 5. The van der Waals surface area contributed by atoms with Gasteiger partial charge in [0.25, 0.3) is 0 Å². The highest BCUT2D eigenvalue weighted by atomic mass is 35.5. The van der Waals surface area contributed by atoms with Crippen LogP contribution in [-0.2, 0) is 6.54 Å². The number of fused-ring (bicyclic) bond motifs is 1. The fourth-order valence-electron chi connectivity index (χ4n) is 2.74. The predicted molar refractivity (Wildman–Crippen MR) is 80.7 cm³/mol. The predicted octanol–water partition coefficient (Wildman–Crippen LogP) is 1.45. The summed E-state index contributed by atoms with van der Waals surface area (Å²) >= 11 is 6.05. The van der Waals surface area contributed by atoms with Gasteiger partial charge in [-0.25, -0.2) is 4.98 Å². The van der Waals surface area contributed by atoms with Gasteiger partial charge in [0, 0.05) is 25.1 Å². The molecule has 1 aliphatic rings. The zero-order valence-electron chi connectivity index (χ0n) is 11.9. The number of hydrogen-bond donors (Lipinski definition) is 2. The first kappa shape index (κ1) is 14.6. The molecule has 21 heavy (non-hydrogen) atoms. The Morgan fingerprint density at radius 3 is 3.19 bits per heavy atom. The number of ether oxygens (including phenoxy) is 1. The van der Waals surface area contributed by atoms with Gasteiger partial charge in [-0.2, -0.15) is 4.98 Å². The molecule has 114 valence electrons. The summed E-state index contributed by atoms with van der Waals surface area (Å²) in [5, 5.41) is 12.9. The summed E-state index contributed by atoms with van der Waals surface area (Å²) in [6, 6.07) is 1.71. The lowest BCUT2D eigenvalue weighted by molar-refractivity contribution is 0.156. The van der Waals surface area contributed by atoms with E-state index < -0.39 is 0 Å². The van der Waals surface area contributed by atoms with Gasteiger partial charge >= 0.3 is 0 Å². The first-order valence-corrected chi connectivity index (χ1v) is 7.56. The zero-order chi connectivity index (χ0) is 14.8. The first-order valence-electron chi connectivity index (χ1n) is 7.18. The highest BCUT2D eigenvalue weighted by Gasteiger charge is 2.24. The van der Waals surface area contributed by atoms with Crippen LogP contribution in [0.25, 0.3) is 11.0 Å². The second-order valence-corrected chi connectivity index (χ2v) is 5.74. The fraction of sp³-hybridized carbons (Fsp3) is 0.571. The Balaban J connectivity index is 1.93. The monoisotopic (exact) mass is 310 g/mol. The largest absolute Gasteiger partial charge is 0.473 e. The minimum Gasteiger partial charge on any atom is -0.473 e. The summed E-state index contributed by atoms with van der Waals surface area (Å²) in [6.07, 6.45) is 2.82. The van der Waals surface area contributed by atoms with Crippen LogP contribution in [0.4, 0.5) is 0 Å². The van der Waals surface area contributed by atoms with E-state index in [1.165, 1.54) is 0 Å². The van der Waals surface area contributed by atoms with Crippen molar-refractivity contribution in [1.29, 1.82) is 0 Å². The zero-order valence-corrected chi connectivity index (χ0v) is 12.7. The fourth-order valence-corrected chi connectivity index (χ4v) is 2.92. The Bertz CT molecular complexity index is 625. The normalized spacial score (nSPS) is 20.0.